The molecule has 1 saturated heterocycles. The van der Waals surface area contributed by atoms with Gasteiger partial charge in [-0.1, -0.05) is 41.7 Å². The predicted molar refractivity (Wildman–Crippen MR) is 138 cm³/mol. The van der Waals surface area contributed by atoms with E-state index in [2.05, 4.69) is 21.2 Å². The van der Waals surface area contributed by atoms with E-state index in [0.717, 1.165) is 58.8 Å². The Morgan fingerprint density at radius 3 is 2.56 bits per heavy atom. The van der Waals surface area contributed by atoms with Gasteiger partial charge in [0.05, 0.1) is 18.9 Å². The summed E-state index contributed by atoms with van der Waals surface area (Å²) in [6.45, 7) is 5.13. The highest BCUT2D eigenvalue weighted by molar-refractivity contribution is 7.22. The molecule has 1 amide bonds. The fourth-order valence-electron chi connectivity index (χ4n) is 4.36. The molecule has 3 aromatic carbocycles. The molecule has 5 rings (SSSR count). The third-order valence-corrected chi connectivity index (χ3v) is 7.34. The third-order valence-electron chi connectivity index (χ3n) is 6.26. The first-order valence-electron chi connectivity index (χ1n) is 11.4. The van der Waals surface area contributed by atoms with Crippen LogP contribution in [0.3, 0.4) is 0 Å². The average molecular weight is 477 g/mol. The lowest BCUT2D eigenvalue weighted by molar-refractivity contribution is 0.0948. The Bertz CT molecular complexity index is 1310. The van der Waals surface area contributed by atoms with Gasteiger partial charge in [0.15, 0.2) is 16.6 Å². The molecule has 0 bridgehead atoms. The van der Waals surface area contributed by atoms with E-state index in [1.54, 1.807) is 25.6 Å². The Morgan fingerprint density at radius 2 is 1.79 bits per heavy atom. The molecule has 0 aliphatic carbocycles. The normalized spacial score (nSPS) is 14.5. The molecule has 7 nitrogen and oxygen atoms in total. The van der Waals surface area contributed by atoms with Gasteiger partial charge in [-0.05, 0) is 35.0 Å². The van der Waals surface area contributed by atoms with Crippen molar-refractivity contribution in [2.24, 2.45) is 0 Å². The van der Waals surface area contributed by atoms with Crippen LogP contribution in [-0.4, -0.2) is 69.3 Å². The van der Waals surface area contributed by atoms with Gasteiger partial charge in [-0.25, -0.2) is 4.98 Å². The Hall–Kier alpha value is -3.36. The van der Waals surface area contributed by atoms with E-state index in [1.807, 2.05) is 48.5 Å². The van der Waals surface area contributed by atoms with Crippen molar-refractivity contribution in [3.05, 3.63) is 60.2 Å². The Balaban J connectivity index is 1.14. The summed E-state index contributed by atoms with van der Waals surface area (Å²) in [6.07, 6.45) is 0. The van der Waals surface area contributed by atoms with Crippen molar-refractivity contribution in [3.8, 4) is 11.5 Å². The smallest absolute Gasteiger partial charge is 0.251 e. The van der Waals surface area contributed by atoms with Crippen molar-refractivity contribution < 1.29 is 14.3 Å². The highest BCUT2D eigenvalue weighted by atomic mass is 32.1. The van der Waals surface area contributed by atoms with Crippen LogP contribution < -0.4 is 19.7 Å². The molecule has 1 aliphatic rings. The number of aromatic nitrogens is 1. The molecule has 2 heterocycles. The van der Waals surface area contributed by atoms with Crippen LogP contribution in [0, 0.1) is 0 Å². The zero-order valence-corrected chi connectivity index (χ0v) is 20.2. The summed E-state index contributed by atoms with van der Waals surface area (Å²) in [5.41, 5.74) is 1.55. The number of methoxy groups -OCH3 is 2. The van der Waals surface area contributed by atoms with Crippen LogP contribution >= 0.6 is 11.3 Å². The third kappa shape index (κ3) is 4.51. The molecule has 1 fully saturated rings. The van der Waals surface area contributed by atoms with Crippen LogP contribution in [0.2, 0.25) is 0 Å². The molecule has 1 N–H and O–H groups in total. The molecule has 0 unspecified atom stereocenters. The second-order valence-corrected chi connectivity index (χ2v) is 9.30. The molecule has 0 spiro atoms. The van der Waals surface area contributed by atoms with E-state index in [1.165, 1.54) is 0 Å². The number of ether oxygens (including phenoxy) is 2. The highest BCUT2D eigenvalue weighted by Gasteiger charge is 2.22. The number of carbonyl (C=O) groups is 1. The first kappa shape index (κ1) is 22.4. The van der Waals surface area contributed by atoms with Gasteiger partial charge < -0.3 is 19.7 Å². The number of thiazole rings is 1. The minimum absolute atomic E-state index is 0.0248. The summed E-state index contributed by atoms with van der Waals surface area (Å²) >= 11 is 1.68. The van der Waals surface area contributed by atoms with Crippen molar-refractivity contribution in [2.75, 3.05) is 58.4 Å². The zero-order valence-electron chi connectivity index (χ0n) is 19.4. The maximum atomic E-state index is 12.6. The number of nitrogens with zero attached hydrogens (tertiary/aromatic N) is 3. The number of fused-ring (bicyclic) bond motifs is 2. The monoisotopic (exact) mass is 476 g/mol. The molecule has 34 heavy (non-hydrogen) atoms. The van der Waals surface area contributed by atoms with Crippen molar-refractivity contribution in [3.63, 3.8) is 0 Å². The number of nitrogens with one attached hydrogen (secondary N) is 1. The topological polar surface area (TPSA) is 66.9 Å². The zero-order chi connectivity index (χ0) is 23.5. The summed E-state index contributed by atoms with van der Waals surface area (Å²) in [6, 6.07) is 17.9. The van der Waals surface area contributed by atoms with Crippen LogP contribution in [-0.2, 0) is 0 Å². The maximum absolute atomic E-state index is 12.6. The second kappa shape index (κ2) is 9.87. The van der Waals surface area contributed by atoms with Gasteiger partial charge in [0.1, 0.15) is 5.52 Å². The van der Waals surface area contributed by atoms with Crippen molar-refractivity contribution in [1.29, 1.82) is 0 Å². The Morgan fingerprint density at radius 1 is 1.00 bits per heavy atom. The standard InChI is InChI=1S/C26H28N4O3S/c1-32-21-9-10-22-23(24(21)33-2)28-26(34-22)30-15-13-29(14-16-30)12-11-27-25(31)20-8-7-18-5-3-4-6-19(18)17-20/h3-10,17H,11-16H2,1-2H3,(H,27,31). The van der Waals surface area contributed by atoms with Crippen molar-refractivity contribution in [2.45, 2.75) is 0 Å². The summed E-state index contributed by atoms with van der Waals surface area (Å²) < 4.78 is 12.0. The van der Waals surface area contributed by atoms with E-state index in [0.29, 0.717) is 23.6 Å². The summed E-state index contributed by atoms with van der Waals surface area (Å²) in [7, 11) is 3.29. The van der Waals surface area contributed by atoms with Gasteiger partial charge in [-0.2, -0.15) is 0 Å². The molecule has 1 aliphatic heterocycles. The van der Waals surface area contributed by atoms with Crippen molar-refractivity contribution in [1.82, 2.24) is 15.2 Å². The van der Waals surface area contributed by atoms with Gasteiger partial charge in [0.25, 0.3) is 5.91 Å². The molecule has 1 aromatic heterocycles. The Kier molecular flexibility index (Phi) is 6.51. The molecule has 0 saturated carbocycles. The van der Waals surface area contributed by atoms with Crippen molar-refractivity contribution >= 4 is 43.4 Å². The number of hydrogen-bond acceptors (Lipinski definition) is 7. The van der Waals surface area contributed by atoms with Crippen LogP contribution in [0.5, 0.6) is 11.5 Å². The average Bonchev–Trinajstić information content (AvgIpc) is 3.32. The molecule has 176 valence electrons. The maximum Gasteiger partial charge on any atom is 0.251 e. The summed E-state index contributed by atoms with van der Waals surface area (Å²) in [5.74, 6) is 1.36. The number of hydrogen-bond donors (Lipinski definition) is 1. The first-order valence-corrected chi connectivity index (χ1v) is 12.2. The van der Waals surface area contributed by atoms with Crippen LogP contribution in [0.1, 0.15) is 10.4 Å². The molecule has 4 aromatic rings. The molecular weight excluding hydrogens is 448 g/mol. The van der Waals surface area contributed by atoms with E-state index < -0.39 is 0 Å². The number of rotatable bonds is 7. The van der Waals surface area contributed by atoms with Gasteiger partial charge in [0.2, 0.25) is 0 Å². The molecule has 8 heteroatoms. The predicted octanol–water partition coefficient (Wildman–Crippen LogP) is 4.02. The largest absolute Gasteiger partial charge is 0.493 e. The van der Waals surface area contributed by atoms with Crippen LogP contribution in [0.25, 0.3) is 21.0 Å². The number of carbonyl (C=O) groups excluding carboxylic acids is 1. The lowest BCUT2D eigenvalue weighted by Gasteiger charge is -2.34. The van der Waals surface area contributed by atoms with E-state index >= 15 is 0 Å². The molecule has 0 radical (unpaired) electrons. The van der Waals surface area contributed by atoms with Crippen LogP contribution in [0.15, 0.2) is 54.6 Å². The number of benzene rings is 3. The minimum Gasteiger partial charge on any atom is -0.493 e. The highest BCUT2D eigenvalue weighted by Crippen LogP contribution is 2.40. The fraction of sp³-hybridized carbons (Fsp3) is 0.308. The van der Waals surface area contributed by atoms with E-state index in [4.69, 9.17) is 14.5 Å². The van der Waals surface area contributed by atoms with E-state index in [-0.39, 0.29) is 5.91 Å². The lowest BCUT2D eigenvalue weighted by Crippen LogP contribution is -2.48. The fourth-order valence-corrected chi connectivity index (χ4v) is 5.37. The van der Waals surface area contributed by atoms with Gasteiger partial charge in [0, 0.05) is 44.8 Å². The summed E-state index contributed by atoms with van der Waals surface area (Å²) in [5, 5.41) is 6.29. The second-order valence-electron chi connectivity index (χ2n) is 8.29. The van der Waals surface area contributed by atoms with Gasteiger partial charge in [-0.15, -0.1) is 0 Å². The number of piperazine rings is 1. The van der Waals surface area contributed by atoms with E-state index in [9.17, 15) is 4.79 Å². The number of amides is 1. The lowest BCUT2D eigenvalue weighted by atomic mass is 10.1. The quantitative estimate of drug-likeness (QED) is 0.435. The van der Waals surface area contributed by atoms with Crippen LogP contribution in [0.4, 0.5) is 5.13 Å². The summed E-state index contributed by atoms with van der Waals surface area (Å²) in [4.78, 5) is 22.1. The molecular formula is C26H28N4O3S. The minimum atomic E-state index is -0.0248. The SMILES string of the molecule is COc1ccc2sc(N3CCN(CCNC(=O)c4ccc5ccccc5c4)CC3)nc2c1OC. The first-order chi connectivity index (χ1) is 16.7. The Labute approximate surface area is 202 Å². The van der Waals surface area contributed by atoms with Gasteiger partial charge in [-0.3, -0.25) is 9.69 Å². The molecule has 0 atom stereocenters. The number of anilines is 1. The van der Waals surface area contributed by atoms with Gasteiger partial charge >= 0.3 is 0 Å².